The van der Waals surface area contributed by atoms with Crippen LogP contribution >= 0.6 is 11.6 Å². The van der Waals surface area contributed by atoms with Crippen molar-refractivity contribution in [3.8, 4) is 0 Å². The third-order valence-electron chi connectivity index (χ3n) is 2.84. The number of sulfonamides is 1. The first-order chi connectivity index (χ1) is 8.51. The molecule has 5 nitrogen and oxygen atoms in total. The summed E-state index contributed by atoms with van der Waals surface area (Å²) in [6.45, 7) is 2.48. The van der Waals surface area contributed by atoms with Gasteiger partial charge in [-0.25, -0.2) is 12.8 Å². The summed E-state index contributed by atoms with van der Waals surface area (Å²) in [5.74, 6) is -1.99. The smallest absolute Gasteiger partial charge is 0.324 e. The summed E-state index contributed by atoms with van der Waals surface area (Å²) in [6.07, 6.45) is 0. The van der Waals surface area contributed by atoms with Gasteiger partial charge in [-0.3, -0.25) is 4.79 Å². The van der Waals surface area contributed by atoms with Crippen LogP contribution in [0.5, 0.6) is 0 Å². The second kappa shape index (κ2) is 5.07. The zero-order valence-electron chi connectivity index (χ0n) is 10.5. The van der Waals surface area contributed by atoms with Crippen LogP contribution in [-0.2, 0) is 14.8 Å². The molecule has 1 N–H and O–H groups in total. The van der Waals surface area contributed by atoms with Crippen molar-refractivity contribution in [2.45, 2.75) is 24.3 Å². The lowest BCUT2D eigenvalue weighted by Gasteiger charge is -2.30. The Kier molecular flexibility index (Phi) is 4.23. The molecule has 0 aliphatic heterocycles. The monoisotopic (exact) mass is 309 g/mol. The molecule has 0 fully saturated rings. The van der Waals surface area contributed by atoms with Crippen molar-refractivity contribution in [3.63, 3.8) is 0 Å². The Morgan fingerprint density at radius 1 is 1.42 bits per heavy atom. The zero-order valence-corrected chi connectivity index (χ0v) is 12.1. The van der Waals surface area contributed by atoms with E-state index in [4.69, 9.17) is 16.7 Å². The molecule has 0 unspecified atom stereocenters. The normalized spacial score (nSPS) is 12.7. The third-order valence-corrected chi connectivity index (χ3v) is 5.36. The first-order valence-corrected chi connectivity index (χ1v) is 7.00. The van der Waals surface area contributed by atoms with E-state index in [0.717, 1.165) is 25.2 Å². The fourth-order valence-corrected chi connectivity index (χ4v) is 3.25. The molecular weight excluding hydrogens is 297 g/mol. The number of halogens is 2. The largest absolute Gasteiger partial charge is 0.480 e. The molecule has 0 spiro atoms. The number of carboxylic acids is 1. The summed E-state index contributed by atoms with van der Waals surface area (Å²) in [4.78, 5) is 10.7. The van der Waals surface area contributed by atoms with Gasteiger partial charge in [-0.15, -0.1) is 0 Å². The van der Waals surface area contributed by atoms with Gasteiger partial charge in [0.25, 0.3) is 0 Å². The lowest BCUT2D eigenvalue weighted by Crippen LogP contribution is -2.50. The number of likely N-dealkylation sites (N-methyl/N-ethyl adjacent to an activating group) is 1. The third kappa shape index (κ3) is 2.88. The van der Waals surface area contributed by atoms with Crippen LogP contribution in [0.3, 0.4) is 0 Å². The molecule has 0 aliphatic carbocycles. The molecule has 0 aliphatic rings. The lowest BCUT2D eigenvalue weighted by atomic mass is 10.1. The number of nitrogens with zero attached hydrogens (tertiary/aromatic N) is 1. The van der Waals surface area contributed by atoms with Crippen molar-refractivity contribution >= 4 is 27.6 Å². The lowest BCUT2D eigenvalue weighted by molar-refractivity contribution is -0.145. The molecule has 0 saturated heterocycles. The molecule has 1 rings (SSSR count). The average Bonchev–Trinajstić information content (AvgIpc) is 2.27. The van der Waals surface area contributed by atoms with E-state index in [9.17, 15) is 17.6 Å². The molecule has 8 heteroatoms. The Morgan fingerprint density at radius 2 is 1.95 bits per heavy atom. The molecule has 19 heavy (non-hydrogen) atoms. The van der Waals surface area contributed by atoms with Gasteiger partial charge in [-0.05, 0) is 32.0 Å². The van der Waals surface area contributed by atoms with Crippen LogP contribution < -0.4 is 0 Å². The fraction of sp³-hybridized carbons (Fsp3) is 0.364. The molecule has 0 saturated carbocycles. The van der Waals surface area contributed by atoms with E-state index in [-0.39, 0.29) is 9.92 Å². The van der Waals surface area contributed by atoms with Crippen molar-refractivity contribution in [1.29, 1.82) is 0 Å². The van der Waals surface area contributed by atoms with Crippen molar-refractivity contribution in [2.75, 3.05) is 7.05 Å². The van der Waals surface area contributed by atoms with Crippen LogP contribution in [0.4, 0.5) is 4.39 Å². The number of carbonyl (C=O) groups is 1. The first-order valence-electron chi connectivity index (χ1n) is 5.18. The Morgan fingerprint density at radius 3 is 2.37 bits per heavy atom. The molecule has 106 valence electrons. The predicted octanol–water partition coefficient (Wildman–Crippen LogP) is 1.96. The maximum atomic E-state index is 12.9. The molecule has 0 aromatic heterocycles. The van der Waals surface area contributed by atoms with Crippen LogP contribution in [0.25, 0.3) is 0 Å². The highest BCUT2D eigenvalue weighted by Crippen LogP contribution is 2.28. The first kappa shape index (κ1) is 15.9. The summed E-state index contributed by atoms with van der Waals surface area (Å²) in [7, 11) is -3.01. The number of hydrogen-bond acceptors (Lipinski definition) is 3. The molecule has 0 bridgehead atoms. The second-order valence-corrected chi connectivity index (χ2v) is 6.76. The highest BCUT2D eigenvalue weighted by atomic mass is 35.5. The van der Waals surface area contributed by atoms with E-state index in [1.54, 1.807) is 0 Å². The molecule has 0 atom stereocenters. The minimum atomic E-state index is -4.14. The van der Waals surface area contributed by atoms with Crippen molar-refractivity contribution < 1.29 is 22.7 Å². The number of aliphatic carboxylic acids is 1. The summed E-state index contributed by atoms with van der Waals surface area (Å²) in [5.41, 5.74) is -1.66. The maximum absolute atomic E-state index is 12.9. The SMILES string of the molecule is CN(C(C)(C)C(=O)O)S(=O)(=O)c1ccc(F)cc1Cl. The summed E-state index contributed by atoms with van der Waals surface area (Å²) in [6, 6.07) is 2.80. The number of hydrogen-bond donors (Lipinski definition) is 1. The Hall–Kier alpha value is -1.18. The standard InChI is InChI=1S/C11H13ClFNO4S/c1-11(2,10(15)16)14(3)19(17,18)9-5-4-7(13)6-8(9)12/h4-6H,1-3H3,(H,15,16). The quantitative estimate of drug-likeness (QED) is 0.922. The Balaban J connectivity index is 3.36. The van der Waals surface area contributed by atoms with Crippen LogP contribution in [0.15, 0.2) is 23.1 Å². The highest BCUT2D eigenvalue weighted by molar-refractivity contribution is 7.89. The topological polar surface area (TPSA) is 74.7 Å². The van der Waals surface area contributed by atoms with Gasteiger partial charge >= 0.3 is 5.97 Å². The Bertz CT molecular complexity index is 615. The van der Waals surface area contributed by atoms with Gasteiger partial charge in [0.1, 0.15) is 16.3 Å². The van der Waals surface area contributed by atoms with Gasteiger partial charge in [0.15, 0.2) is 0 Å². The Labute approximate surface area is 115 Å². The number of carboxylic acid groups (broad SMARTS) is 1. The predicted molar refractivity (Wildman–Crippen MR) is 68.1 cm³/mol. The minimum absolute atomic E-state index is 0.298. The van der Waals surface area contributed by atoms with Gasteiger partial charge in [-0.1, -0.05) is 11.6 Å². The average molecular weight is 310 g/mol. The number of rotatable bonds is 4. The zero-order chi connectivity index (χ0) is 15.0. The van der Waals surface area contributed by atoms with E-state index < -0.39 is 27.3 Å². The van der Waals surface area contributed by atoms with E-state index in [1.807, 2.05) is 0 Å². The van der Waals surface area contributed by atoms with Gasteiger partial charge in [-0.2, -0.15) is 4.31 Å². The van der Waals surface area contributed by atoms with E-state index in [1.165, 1.54) is 13.8 Å². The van der Waals surface area contributed by atoms with Crippen molar-refractivity contribution in [3.05, 3.63) is 29.0 Å². The van der Waals surface area contributed by atoms with E-state index in [0.29, 0.717) is 4.31 Å². The summed E-state index contributed by atoms with van der Waals surface area (Å²) in [5, 5.41) is 8.74. The second-order valence-electron chi connectivity index (χ2n) is 4.41. The van der Waals surface area contributed by atoms with Gasteiger partial charge < -0.3 is 5.11 Å². The highest BCUT2D eigenvalue weighted by Gasteiger charge is 2.40. The molecule has 1 aromatic rings. The molecule has 0 heterocycles. The summed E-state index contributed by atoms with van der Waals surface area (Å²) >= 11 is 5.69. The van der Waals surface area contributed by atoms with Gasteiger partial charge in [0.2, 0.25) is 10.0 Å². The molecule has 1 aromatic carbocycles. The molecular formula is C11H13ClFNO4S. The van der Waals surface area contributed by atoms with Crippen LogP contribution in [0.1, 0.15) is 13.8 Å². The van der Waals surface area contributed by atoms with E-state index >= 15 is 0 Å². The van der Waals surface area contributed by atoms with Crippen LogP contribution in [0, 0.1) is 5.82 Å². The van der Waals surface area contributed by atoms with Gasteiger partial charge in [0.05, 0.1) is 5.02 Å². The maximum Gasteiger partial charge on any atom is 0.324 e. The summed E-state index contributed by atoms with van der Waals surface area (Å²) < 4.78 is 38.1. The van der Waals surface area contributed by atoms with Crippen LogP contribution in [-0.4, -0.2) is 36.4 Å². The van der Waals surface area contributed by atoms with Crippen molar-refractivity contribution in [2.24, 2.45) is 0 Å². The molecule has 0 radical (unpaired) electrons. The minimum Gasteiger partial charge on any atom is -0.480 e. The molecule has 0 amide bonds. The van der Waals surface area contributed by atoms with Crippen LogP contribution in [0.2, 0.25) is 5.02 Å². The fourth-order valence-electron chi connectivity index (χ4n) is 1.27. The number of benzene rings is 1. The van der Waals surface area contributed by atoms with Gasteiger partial charge in [0, 0.05) is 7.05 Å². The van der Waals surface area contributed by atoms with Crippen molar-refractivity contribution in [1.82, 2.24) is 4.31 Å². The van der Waals surface area contributed by atoms with E-state index in [2.05, 4.69) is 0 Å².